The highest BCUT2D eigenvalue weighted by atomic mass is 16.2. The van der Waals surface area contributed by atoms with Gasteiger partial charge in [0.15, 0.2) is 0 Å². The number of carbonyl (C=O) groups is 1. The van der Waals surface area contributed by atoms with Gasteiger partial charge in [-0.1, -0.05) is 24.3 Å². The third-order valence-electron chi connectivity index (χ3n) is 6.10. The molecule has 0 saturated carbocycles. The van der Waals surface area contributed by atoms with Crippen molar-refractivity contribution >= 4 is 5.91 Å². The molecule has 4 rings (SSSR count). The Morgan fingerprint density at radius 1 is 1.10 bits per heavy atom. The van der Waals surface area contributed by atoms with E-state index in [0.717, 1.165) is 48.8 Å². The number of likely N-dealkylation sites (tertiary alicyclic amines) is 1. The molecule has 1 aliphatic heterocycles. The van der Waals surface area contributed by atoms with Crippen molar-refractivity contribution in [3.05, 3.63) is 76.1 Å². The Kier molecular flexibility index (Phi) is 6.16. The quantitative estimate of drug-likeness (QED) is 0.601. The lowest BCUT2D eigenvalue weighted by Gasteiger charge is -2.25. The van der Waals surface area contributed by atoms with E-state index in [1.807, 2.05) is 30.4 Å². The molecule has 3 heterocycles. The molecule has 1 saturated heterocycles. The number of hydrogen-bond donors (Lipinski definition) is 0. The molecule has 162 valence electrons. The van der Waals surface area contributed by atoms with Gasteiger partial charge in [0.25, 0.3) is 0 Å². The average molecular weight is 418 g/mol. The lowest BCUT2D eigenvalue weighted by atomic mass is 9.98. The molecule has 1 fully saturated rings. The standard InChI is InChI=1S/C25H31N5O/c1-17-8-5-6-9-22(17)15-21-14-18(2)26-23(16-21)24-10-7-12-29(24)25(31)11-13-30-20(4)27-19(3)28-30/h5-6,8-9,14,16,24H,7,10-13,15H2,1-4H3/t24-/m0/s1. The van der Waals surface area contributed by atoms with Gasteiger partial charge in [-0.05, 0) is 75.8 Å². The third-order valence-corrected chi connectivity index (χ3v) is 6.10. The monoisotopic (exact) mass is 417 g/mol. The molecule has 31 heavy (non-hydrogen) atoms. The highest BCUT2D eigenvalue weighted by molar-refractivity contribution is 5.77. The van der Waals surface area contributed by atoms with E-state index in [0.29, 0.717) is 13.0 Å². The van der Waals surface area contributed by atoms with Gasteiger partial charge in [-0.3, -0.25) is 9.78 Å². The molecule has 6 nitrogen and oxygen atoms in total. The summed E-state index contributed by atoms with van der Waals surface area (Å²) in [7, 11) is 0. The first-order valence-electron chi connectivity index (χ1n) is 11.1. The summed E-state index contributed by atoms with van der Waals surface area (Å²) in [5.74, 6) is 1.76. The van der Waals surface area contributed by atoms with Crippen molar-refractivity contribution in [1.82, 2.24) is 24.6 Å². The molecule has 1 amide bonds. The lowest BCUT2D eigenvalue weighted by Crippen LogP contribution is -2.32. The highest BCUT2D eigenvalue weighted by Crippen LogP contribution is 2.32. The fourth-order valence-corrected chi connectivity index (χ4v) is 4.56. The van der Waals surface area contributed by atoms with Crippen LogP contribution >= 0.6 is 0 Å². The summed E-state index contributed by atoms with van der Waals surface area (Å²) >= 11 is 0. The molecule has 0 spiro atoms. The molecular weight excluding hydrogens is 386 g/mol. The zero-order chi connectivity index (χ0) is 22.0. The van der Waals surface area contributed by atoms with E-state index in [1.165, 1.54) is 16.7 Å². The Labute approximate surface area is 184 Å². The lowest BCUT2D eigenvalue weighted by molar-refractivity contribution is -0.132. The summed E-state index contributed by atoms with van der Waals surface area (Å²) in [5, 5.41) is 4.38. The van der Waals surface area contributed by atoms with Crippen LogP contribution in [-0.2, 0) is 17.8 Å². The normalized spacial score (nSPS) is 16.1. The van der Waals surface area contributed by atoms with Gasteiger partial charge < -0.3 is 4.90 Å². The van der Waals surface area contributed by atoms with E-state index < -0.39 is 0 Å². The minimum Gasteiger partial charge on any atom is -0.334 e. The van der Waals surface area contributed by atoms with Gasteiger partial charge in [-0.25, -0.2) is 9.67 Å². The fraction of sp³-hybridized carbons (Fsp3) is 0.440. The first-order chi connectivity index (χ1) is 14.9. The molecule has 3 aromatic rings. The number of rotatable bonds is 6. The number of nitrogens with zero attached hydrogens (tertiary/aromatic N) is 5. The van der Waals surface area contributed by atoms with Gasteiger partial charge in [0.05, 0.1) is 18.3 Å². The van der Waals surface area contributed by atoms with Crippen molar-refractivity contribution in [1.29, 1.82) is 0 Å². The fourth-order valence-electron chi connectivity index (χ4n) is 4.56. The summed E-state index contributed by atoms with van der Waals surface area (Å²) in [4.78, 5) is 24.2. The number of amides is 1. The number of pyridine rings is 1. The van der Waals surface area contributed by atoms with Crippen molar-refractivity contribution < 1.29 is 4.79 Å². The second-order valence-electron chi connectivity index (χ2n) is 8.57. The second kappa shape index (κ2) is 9.00. The Morgan fingerprint density at radius 3 is 2.65 bits per heavy atom. The summed E-state index contributed by atoms with van der Waals surface area (Å²) in [6.45, 7) is 9.35. The minimum absolute atomic E-state index is 0.0570. The van der Waals surface area contributed by atoms with Crippen LogP contribution in [0.1, 0.15) is 65.0 Å². The van der Waals surface area contributed by atoms with Crippen LogP contribution in [-0.4, -0.2) is 37.1 Å². The van der Waals surface area contributed by atoms with E-state index in [-0.39, 0.29) is 11.9 Å². The molecule has 0 N–H and O–H groups in total. The maximum atomic E-state index is 13.1. The number of benzene rings is 1. The summed E-state index contributed by atoms with van der Waals surface area (Å²) in [6, 6.07) is 12.9. The molecule has 1 aliphatic rings. The first-order valence-corrected chi connectivity index (χ1v) is 11.1. The summed E-state index contributed by atoms with van der Waals surface area (Å²) in [6.07, 6.45) is 3.30. The van der Waals surface area contributed by atoms with Gasteiger partial charge in [-0.2, -0.15) is 5.10 Å². The zero-order valence-corrected chi connectivity index (χ0v) is 18.9. The largest absolute Gasteiger partial charge is 0.334 e. The van der Waals surface area contributed by atoms with Gasteiger partial charge in [0.1, 0.15) is 11.6 Å². The Hall–Kier alpha value is -3.02. The molecule has 1 aromatic carbocycles. The number of aryl methyl sites for hydroxylation is 5. The van der Waals surface area contributed by atoms with Crippen LogP contribution in [0.25, 0.3) is 0 Å². The molecule has 0 aliphatic carbocycles. The zero-order valence-electron chi connectivity index (χ0n) is 18.9. The molecule has 1 atom stereocenters. The predicted octanol–water partition coefficient (Wildman–Crippen LogP) is 4.25. The van der Waals surface area contributed by atoms with Crippen LogP contribution in [0.15, 0.2) is 36.4 Å². The minimum atomic E-state index is 0.0570. The molecule has 0 bridgehead atoms. The van der Waals surface area contributed by atoms with Crippen molar-refractivity contribution in [2.45, 2.75) is 66.0 Å². The maximum absolute atomic E-state index is 13.1. The number of carbonyl (C=O) groups excluding carboxylic acids is 1. The van der Waals surface area contributed by atoms with E-state index in [1.54, 1.807) is 0 Å². The molecular formula is C25H31N5O. The first kappa shape index (κ1) is 21.2. The van der Waals surface area contributed by atoms with Crippen molar-refractivity contribution in [2.75, 3.05) is 6.54 Å². The smallest absolute Gasteiger partial charge is 0.225 e. The molecule has 2 aromatic heterocycles. The van der Waals surface area contributed by atoms with Gasteiger partial charge in [-0.15, -0.1) is 0 Å². The Morgan fingerprint density at radius 2 is 1.90 bits per heavy atom. The third kappa shape index (κ3) is 4.84. The van der Waals surface area contributed by atoms with Crippen LogP contribution in [0, 0.1) is 27.7 Å². The van der Waals surface area contributed by atoms with Gasteiger partial charge in [0.2, 0.25) is 5.91 Å². The summed E-state index contributed by atoms with van der Waals surface area (Å²) in [5.41, 5.74) is 5.91. The van der Waals surface area contributed by atoms with Crippen LogP contribution in [0.3, 0.4) is 0 Å². The maximum Gasteiger partial charge on any atom is 0.225 e. The van der Waals surface area contributed by atoms with Crippen molar-refractivity contribution in [3.63, 3.8) is 0 Å². The predicted molar refractivity (Wildman–Crippen MR) is 121 cm³/mol. The van der Waals surface area contributed by atoms with Crippen LogP contribution < -0.4 is 0 Å². The highest BCUT2D eigenvalue weighted by Gasteiger charge is 2.31. The Bertz CT molecular complexity index is 1090. The van der Waals surface area contributed by atoms with E-state index in [9.17, 15) is 4.79 Å². The van der Waals surface area contributed by atoms with Gasteiger partial charge in [0, 0.05) is 18.7 Å². The summed E-state index contributed by atoms with van der Waals surface area (Å²) < 4.78 is 1.82. The van der Waals surface area contributed by atoms with Crippen LogP contribution in [0.5, 0.6) is 0 Å². The SMILES string of the molecule is Cc1cc(Cc2ccccc2C)cc([C@@H]2CCCN2C(=O)CCn2nc(C)nc2C)n1. The van der Waals surface area contributed by atoms with Crippen molar-refractivity contribution in [3.8, 4) is 0 Å². The van der Waals surface area contributed by atoms with E-state index >= 15 is 0 Å². The number of hydrogen-bond acceptors (Lipinski definition) is 4. The molecule has 6 heteroatoms. The topological polar surface area (TPSA) is 63.9 Å². The van der Waals surface area contributed by atoms with Crippen LogP contribution in [0.2, 0.25) is 0 Å². The Balaban J connectivity index is 1.50. The average Bonchev–Trinajstić information content (AvgIpc) is 3.34. The van der Waals surface area contributed by atoms with E-state index in [2.05, 4.69) is 53.4 Å². The van der Waals surface area contributed by atoms with Crippen LogP contribution in [0.4, 0.5) is 0 Å². The second-order valence-corrected chi connectivity index (χ2v) is 8.57. The molecule has 0 unspecified atom stereocenters. The van der Waals surface area contributed by atoms with Gasteiger partial charge >= 0.3 is 0 Å². The van der Waals surface area contributed by atoms with Crippen molar-refractivity contribution in [2.24, 2.45) is 0 Å². The van der Waals surface area contributed by atoms with E-state index in [4.69, 9.17) is 4.98 Å². The number of aromatic nitrogens is 4. The molecule has 0 radical (unpaired) electrons.